The van der Waals surface area contributed by atoms with E-state index in [0.717, 1.165) is 45.2 Å². The summed E-state index contributed by atoms with van der Waals surface area (Å²) in [5, 5.41) is 5.94. The van der Waals surface area contributed by atoms with Crippen molar-refractivity contribution in [3.8, 4) is 16.8 Å². The standard InChI is InChI=1S/C36H21N5/c1-2-8-22(9-3-1)40-33-25(13-12-24-23-10-5-4-7-21(23)19-29(24)33)26-14-15-28-32(34(26)40)27-16-18-37-20-31(27)41-35(28)39-30-11-6-17-38-36(30)41/h1-18,20H,19H2. The number of hydrogen-bond donors (Lipinski definition) is 0. The third kappa shape index (κ3) is 2.63. The Morgan fingerprint density at radius 2 is 1.44 bits per heavy atom. The Balaban J connectivity index is 1.49. The van der Waals surface area contributed by atoms with Crippen LogP contribution in [-0.2, 0) is 6.42 Å². The van der Waals surface area contributed by atoms with E-state index in [1.54, 1.807) is 0 Å². The number of rotatable bonds is 1. The maximum Gasteiger partial charge on any atom is 0.165 e. The van der Waals surface area contributed by atoms with Crippen LogP contribution in [0.5, 0.6) is 0 Å². The fraction of sp³-hybridized carbons (Fsp3) is 0.0278. The molecule has 1 aliphatic carbocycles. The van der Waals surface area contributed by atoms with Crippen LogP contribution >= 0.6 is 0 Å². The Morgan fingerprint density at radius 1 is 0.610 bits per heavy atom. The summed E-state index contributed by atoms with van der Waals surface area (Å²) in [7, 11) is 0. The van der Waals surface area contributed by atoms with Gasteiger partial charge in [-0.2, -0.15) is 0 Å². The number of pyridine rings is 3. The topological polar surface area (TPSA) is 48.0 Å². The molecule has 5 aromatic heterocycles. The minimum absolute atomic E-state index is 0.849. The van der Waals surface area contributed by atoms with Crippen LogP contribution in [0, 0.1) is 0 Å². The second kappa shape index (κ2) is 7.55. The first kappa shape index (κ1) is 21.3. The van der Waals surface area contributed by atoms with Crippen LogP contribution in [0.3, 0.4) is 0 Å². The van der Waals surface area contributed by atoms with Crippen molar-refractivity contribution in [2.24, 2.45) is 0 Å². The van der Waals surface area contributed by atoms with Gasteiger partial charge in [-0.1, -0.05) is 60.7 Å². The van der Waals surface area contributed by atoms with Gasteiger partial charge in [-0.05, 0) is 58.7 Å². The molecule has 0 saturated heterocycles. The van der Waals surface area contributed by atoms with E-state index >= 15 is 0 Å². The summed E-state index contributed by atoms with van der Waals surface area (Å²) in [5.74, 6) is 0. The van der Waals surface area contributed by atoms with Gasteiger partial charge < -0.3 is 4.57 Å². The number of fused-ring (bicyclic) bond motifs is 16. The normalized spacial score (nSPS) is 12.8. The minimum atomic E-state index is 0.849. The lowest BCUT2D eigenvalue weighted by Crippen LogP contribution is -1.99. The molecular weight excluding hydrogens is 502 g/mol. The molecule has 0 unspecified atom stereocenters. The van der Waals surface area contributed by atoms with Gasteiger partial charge in [0.2, 0.25) is 0 Å². The maximum atomic E-state index is 5.10. The van der Waals surface area contributed by atoms with Crippen LogP contribution in [-0.4, -0.2) is 23.9 Å². The molecule has 4 aromatic carbocycles. The van der Waals surface area contributed by atoms with E-state index in [1.807, 2.05) is 30.7 Å². The lowest BCUT2D eigenvalue weighted by Gasteiger charge is -2.14. The van der Waals surface area contributed by atoms with Crippen molar-refractivity contribution >= 4 is 60.3 Å². The highest BCUT2D eigenvalue weighted by Gasteiger charge is 2.26. The van der Waals surface area contributed by atoms with Crippen molar-refractivity contribution in [3.63, 3.8) is 0 Å². The molecule has 190 valence electrons. The summed E-state index contributed by atoms with van der Waals surface area (Å²) in [6.07, 6.45) is 6.59. The van der Waals surface area contributed by atoms with Gasteiger partial charge in [0.15, 0.2) is 5.65 Å². The van der Waals surface area contributed by atoms with Crippen LogP contribution in [0.25, 0.3) is 77.1 Å². The average molecular weight is 524 g/mol. The lowest BCUT2D eigenvalue weighted by atomic mass is 10.0. The number of hydrogen-bond acceptors (Lipinski definition) is 3. The predicted octanol–water partition coefficient (Wildman–Crippen LogP) is 8.25. The second-order valence-electron chi connectivity index (χ2n) is 10.9. The highest BCUT2D eigenvalue weighted by Crippen LogP contribution is 2.46. The Bertz CT molecular complexity index is 2550. The highest BCUT2D eigenvalue weighted by atomic mass is 15.1. The quantitative estimate of drug-likeness (QED) is 0.204. The molecule has 9 aromatic rings. The van der Waals surface area contributed by atoms with Crippen molar-refractivity contribution in [2.75, 3.05) is 0 Å². The zero-order chi connectivity index (χ0) is 26.7. The number of para-hydroxylation sites is 1. The third-order valence-electron chi connectivity index (χ3n) is 8.85. The zero-order valence-corrected chi connectivity index (χ0v) is 21.9. The first-order valence-electron chi connectivity index (χ1n) is 13.9. The van der Waals surface area contributed by atoms with Gasteiger partial charge in [-0.3, -0.25) is 9.38 Å². The van der Waals surface area contributed by atoms with Crippen molar-refractivity contribution < 1.29 is 0 Å². The van der Waals surface area contributed by atoms with Crippen molar-refractivity contribution in [2.45, 2.75) is 6.42 Å². The summed E-state index contributed by atoms with van der Waals surface area (Å²) < 4.78 is 4.66. The van der Waals surface area contributed by atoms with Gasteiger partial charge in [0.25, 0.3) is 0 Å². The van der Waals surface area contributed by atoms with E-state index in [9.17, 15) is 0 Å². The summed E-state index contributed by atoms with van der Waals surface area (Å²) in [6.45, 7) is 0. The van der Waals surface area contributed by atoms with E-state index in [4.69, 9.17) is 9.97 Å². The van der Waals surface area contributed by atoms with Gasteiger partial charge in [0, 0.05) is 51.4 Å². The molecule has 1 aliphatic rings. The maximum absolute atomic E-state index is 5.10. The zero-order valence-electron chi connectivity index (χ0n) is 21.9. The average Bonchev–Trinajstić information content (AvgIpc) is 3.71. The van der Waals surface area contributed by atoms with Crippen LogP contribution in [0.2, 0.25) is 0 Å². The van der Waals surface area contributed by atoms with E-state index in [1.165, 1.54) is 49.4 Å². The molecule has 0 aliphatic heterocycles. The Labute approximate surface area is 234 Å². The van der Waals surface area contributed by atoms with Gasteiger partial charge in [-0.25, -0.2) is 9.97 Å². The molecule has 5 nitrogen and oxygen atoms in total. The van der Waals surface area contributed by atoms with Crippen LogP contribution < -0.4 is 0 Å². The lowest BCUT2D eigenvalue weighted by molar-refractivity contribution is 1.16. The smallest absolute Gasteiger partial charge is 0.165 e. The van der Waals surface area contributed by atoms with Gasteiger partial charge in [-0.15, -0.1) is 0 Å². The molecule has 0 radical (unpaired) electrons. The summed E-state index contributed by atoms with van der Waals surface area (Å²) in [4.78, 5) is 14.4. The Morgan fingerprint density at radius 3 is 2.39 bits per heavy atom. The summed E-state index contributed by atoms with van der Waals surface area (Å²) in [5.41, 5.74) is 12.7. The Hall–Kier alpha value is -5.55. The van der Waals surface area contributed by atoms with Gasteiger partial charge in [0.05, 0.1) is 22.7 Å². The van der Waals surface area contributed by atoms with Crippen LogP contribution in [0.15, 0.2) is 116 Å². The molecule has 10 rings (SSSR count). The Kier molecular flexibility index (Phi) is 3.92. The number of imidazole rings is 1. The van der Waals surface area contributed by atoms with E-state index < -0.39 is 0 Å². The highest BCUT2D eigenvalue weighted by molar-refractivity contribution is 6.28. The van der Waals surface area contributed by atoms with Crippen molar-refractivity contribution in [3.05, 3.63) is 127 Å². The molecule has 5 heteroatoms. The van der Waals surface area contributed by atoms with Crippen LogP contribution in [0.1, 0.15) is 11.1 Å². The molecule has 5 heterocycles. The monoisotopic (exact) mass is 523 g/mol. The fourth-order valence-corrected chi connectivity index (χ4v) is 7.21. The van der Waals surface area contributed by atoms with Crippen molar-refractivity contribution in [1.29, 1.82) is 0 Å². The third-order valence-corrected chi connectivity index (χ3v) is 8.85. The molecule has 41 heavy (non-hydrogen) atoms. The molecule has 0 bridgehead atoms. The first-order chi connectivity index (χ1) is 20.4. The summed E-state index contributed by atoms with van der Waals surface area (Å²) in [6, 6.07) is 34.9. The van der Waals surface area contributed by atoms with E-state index in [0.29, 0.717) is 0 Å². The first-order valence-corrected chi connectivity index (χ1v) is 13.9. The predicted molar refractivity (Wildman–Crippen MR) is 166 cm³/mol. The van der Waals surface area contributed by atoms with Gasteiger partial charge in [0.1, 0.15) is 11.2 Å². The van der Waals surface area contributed by atoms with Crippen LogP contribution in [0.4, 0.5) is 0 Å². The SMILES string of the molecule is c1ccc(-n2c3c4c(ccc3c3ccc5c(c6ccncc6n6c7ncccc7nc56)c32)-c2ccccc2C4)cc1. The summed E-state index contributed by atoms with van der Waals surface area (Å²) >= 11 is 0. The number of benzene rings is 4. The van der Waals surface area contributed by atoms with E-state index in [-0.39, 0.29) is 0 Å². The number of nitrogens with zero attached hydrogens (tertiary/aromatic N) is 5. The largest absolute Gasteiger partial charge is 0.308 e. The van der Waals surface area contributed by atoms with Crippen molar-refractivity contribution in [1.82, 2.24) is 23.9 Å². The molecule has 0 amide bonds. The molecular formula is C36H21N5. The second-order valence-corrected chi connectivity index (χ2v) is 10.9. The molecule has 0 saturated carbocycles. The molecule has 0 N–H and O–H groups in total. The van der Waals surface area contributed by atoms with Gasteiger partial charge >= 0.3 is 0 Å². The molecule has 0 atom stereocenters. The fourth-order valence-electron chi connectivity index (χ4n) is 7.21. The molecule has 0 spiro atoms. The number of aromatic nitrogens is 5. The molecule has 0 fully saturated rings. The minimum Gasteiger partial charge on any atom is -0.308 e. The van der Waals surface area contributed by atoms with E-state index in [2.05, 4.69) is 98.9 Å².